The van der Waals surface area contributed by atoms with E-state index in [1.807, 2.05) is 0 Å². The van der Waals surface area contributed by atoms with Crippen LogP contribution < -0.4 is 5.32 Å². The quantitative estimate of drug-likeness (QED) is 0.919. The summed E-state index contributed by atoms with van der Waals surface area (Å²) >= 11 is 1.71. The molecule has 1 fully saturated rings. The number of rotatable bonds is 4. The lowest BCUT2D eigenvalue weighted by Crippen LogP contribution is -2.34. The molecule has 1 N–H and O–H groups in total. The molecule has 3 nitrogen and oxygen atoms in total. The smallest absolute Gasteiger partial charge is 0.193 e. The molecule has 1 aliphatic carbocycles. The van der Waals surface area contributed by atoms with E-state index in [0.717, 1.165) is 23.2 Å². The van der Waals surface area contributed by atoms with Crippen LogP contribution in [0.3, 0.4) is 0 Å². The van der Waals surface area contributed by atoms with Crippen LogP contribution in [0, 0.1) is 11.8 Å². The minimum Gasteiger partial charge on any atom is -0.316 e. The normalized spacial score (nSPS) is 25.9. The Bertz CT molecular complexity index is 487. The van der Waals surface area contributed by atoms with Gasteiger partial charge in [-0.1, -0.05) is 13.3 Å². The highest BCUT2D eigenvalue weighted by molar-refractivity contribution is 7.15. The van der Waals surface area contributed by atoms with Gasteiger partial charge in [0.25, 0.3) is 0 Å². The zero-order valence-corrected chi connectivity index (χ0v) is 11.9. The van der Waals surface area contributed by atoms with Crippen LogP contribution in [0.15, 0.2) is 17.8 Å². The van der Waals surface area contributed by atoms with Gasteiger partial charge >= 0.3 is 0 Å². The fraction of sp³-hybridized carbons (Fsp3) is 0.643. The third-order valence-electron chi connectivity index (χ3n) is 4.25. The maximum atomic E-state index is 4.69. The number of hydrogen-bond donors (Lipinski definition) is 1. The van der Waals surface area contributed by atoms with E-state index < -0.39 is 0 Å². The van der Waals surface area contributed by atoms with Gasteiger partial charge in [-0.2, -0.15) is 0 Å². The molecule has 2 heterocycles. The summed E-state index contributed by atoms with van der Waals surface area (Å²) in [4.78, 5) is 5.80. The van der Waals surface area contributed by atoms with Gasteiger partial charge in [0.1, 0.15) is 0 Å². The molecule has 98 valence electrons. The first-order chi connectivity index (χ1) is 8.76. The number of imidazole rings is 1. The van der Waals surface area contributed by atoms with Crippen molar-refractivity contribution in [2.45, 2.75) is 38.6 Å². The summed E-state index contributed by atoms with van der Waals surface area (Å²) in [7, 11) is 2.09. The van der Waals surface area contributed by atoms with E-state index in [2.05, 4.69) is 41.5 Å². The monoisotopic (exact) mass is 263 g/mol. The fourth-order valence-corrected chi connectivity index (χ4v) is 3.94. The maximum absolute atomic E-state index is 4.69. The van der Waals surface area contributed by atoms with Crippen molar-refractivity contribution in [1.29, 1.82) is 0 Å². The molecule has 1 saturated carbocycles. The van der Waals surface area contributed by atoms with Gasteiger partial charge < -0.3 is 5.32 Å². The predicted molar refractivity (Wildman–Crippen MR) is 76.1 cm³/mol. The Morgan fingerprint density at radius 2 is 2.44 bits per heavy atom. The summed E-state index contributed by atoms with van der Waals surface area (Å²) in [5, 5.41) is 5.59. The molecule has 3 rings (SSSR count). The Labute approximate surface area is 112 Å². The van der Waals surface area contributed by atoms with Crippen LogP contribution >= 0.6 is 11.3 Å². The van der Waals surface area contributed by atoms with Crippen LogP contribution in [0.5, 0.6) is 0 Å². The predicted octanol–water partition coefficient (Wildman–Crippen LogP) is 2.96. The molecule has 0 amide bonds. The van der Waals surface area contributed by atoms with Gasteiger partial charge in [-0.05, 0) is 31.7 Å². The van der Waals surface area contributed by atoms with Crippen molar-refractivity contribution in [2.24, 2.45) is 11.8 Å². The molecule has 2 aromatic rings. The van der Waals surface area contributed by atoms with Crippen molar-refractivity contribution >= 4 is 16.3 Å². The van der Waals surface area contributed by atoms with Crippen molar-refractivity contribution in [3.8, 4) is 0 Å². The highest BCUT2D eigenvalue weighted by Gasteiger charge is 2.28. The molecule has 2 aromatic heterocycles. The number of likely N-dealkylation sites (N-methyl/N-ethyl adjacent to an activating group) is 1. The van der Waals surface area contributed by atoms with E-state index in [-0.39, 0.29) is 0 Å². The van der Waals surface area contributed by atoms with Crippen molar-refractivity contribution in [3.63, 3.8) is 0 Å². The number of fused-ring (bicyclic) bond motifs is 1. The second-order valence-electron chi connectivity index (χ2n) is 5.60. The minimum atomic E-state index is 0.583. The van der Waals surface area contributed by atoms with E-state index in [1.54, 1.807) is 11.3 Å². The molecule has 4 heteroatoms. The van der Waals surface area contributed by atoms with Gasteiger partial charge in [-0.25, -0.2) is 4.98 Å². The van der Waals surface area contributed by atoms with Gasteiger partial charge in [0.05, 0.1) is 5.69 Å². The Balaban J connectivity index is 1.71. The van der Waals surface area contributed by atoms with Gasteiger partial charge in [0.15, 0.2) is 4.96 Å². The van der Waals surface area contributed by atoms with Crippen LogP contribution in [0.4, 0.5) is 0 Å². The lowest BCUT2D eigenvalue weighted by atomic mass is 9.93. The van der Waals surface area contributed by atoms with E-state index in [0.29, 0.717) is 6.04 Å². The molecule has 3 unspecified atom stereocenters. The van der Waals surface area contributed by atoms with Crippen LogP contribution in [-0.2, 0) is 6.42 Å². The Morgan fingerprint density at radius 3 is 3.11 bits per heavy atom. The average molecular weight is 263 g/mol. The zero-order valence-electron chi connectivity index (χ0n) is 11.1. The summed E-state index contributed by atoms with van der Waals surface area (Å²) < 4.78 is 2.13. The summed E-state index contributed by atoms with van der Waals surface area (Å²) in [6, 6.07) is 0.583. The van der Waals surface area contributed by atoms with E-state index in [1.165, 1.54) is 25.0 Å². The number of thiazole rings is 1. The van der Waals surface area contributed by atoms with Crippen LogP contribution in [0.2, 0.25) is 0 Å². The molecule has 1 aliphatic rings. The molecule has 0 aromatic carbocycles. The largest absolute Gasteiger partial charge is 0.316 e. The second-order valence-corrected chi connectivity index (χ2v) is 6.48. The third kappa shape index (κ3) is 2.31. The molecular weight excluding hydrogens is 242 g/mol. The minimum absolute atomic E-state index is 0.583. The third-order valence-corrected chi connectivity index (χ3v) is 5.02. The summed E-state index contributed by atoms with van der Waals surface area (Å²) in [6.45, 7) is 2.37. The zero-order chi connectivity index (χ0) is 12.5. The number of aromatic nitrogens is 2. The van der Waals surface area contributed by atoms with Crippen molar-refractivity contribution in [2.75, 3.05) is 7.05 Å². The first-order valence-corrected chi connectivity index (χ1v) is 7.72. The molecule has 18 heavy (non-hydrogen) atoms. The van der Waals surface area contributed by atoms with E-state index in [9.17, 15) is 0 Å². The summed E-state index contributed by atoms with van der Waals surface area (Å²) in [5.74, 6) is 1.72. The second kappa shape index (κ2) is 5.02. The number of hydrogen-bond acceptors (Lipinski definition) is 3. The molecule has 0 saturated heterocycles. The Hall–Kier alpha value is -0.870. The lowest BCUT2D eigenvalue weighted by Gasteiger charge is -2.22. The highest BCUT2D eigenvalue weighted by Crippen LogP contribution is 2.33. The van der Waals surface area contributed by atoms with Crippen molar-refractivity contribution in [1.82, 2.24) is 14.7 Å². The Kier molecular flexibility index (Phi) is 3.39. The SMILES string of the molecule is CNC(Cc1cn2ccsc2n1)C1CCC(C)C1. The molecule has 0 spiro atoms. The summed E-state index contributed by atoms with van der Waals surface area (Å²) in [6.07, 6.45) is 9.45. The first kappa shape index (κ1) is 12.2. The van der Waals surface area contributed by atoms with Crippen LogP contribution in [-0.4, -0.2) is 22.5 Å². The van der Waals surface area contributed by atoms with Gasteiger partial charge in [0.2, 0.25) is 0 Å². The maximum Gasteiger partial charge on any atom is 0.193 e. The fourth-order valence-electron chi connectivity index (χ4n) is 3.22. The van der Waals surface area contributed by atoms with E-state index >= 15 is 0 Å². The lowest BCUT2D eigenvalue weighted by molar-refractivity contribution is 0.365. The van der Waals surface area contributed by atoms with Gasteiger partial charge in [0, 0.05) is 30.2 Å². The van der Waals surface area contributed by atoms with Gasteiger partial charge in [-0.3, -0.25) is 4.40 Å². The molecule has 0 radical (unpaired) electrons. The summed E-state index contributed by atoms with van der Waals surface area (Å²) in [5.41, 5.74) is 1.22. The topological polar surface area (TPSA) is 29.3 Å². The number of nitrogens with zero attached hydrogens (tertiary/aromatic N) is 2. The molecule has 0 bridgehead atoms. The molecule has 3 atom stereocenters. The molecule has 0 aliphatic heterocycles. The highest BCUT2D eigenvalue weighted by atomic mass is 32.1. The first-order valence-electron chi connectivity index (χ1n) is 6.84. The van der Waals surface area contributed by atoms with Crippen molar-refractivity contribution < 1.29 is 0 Å². The standard InChI is InChI=1S/C14H21N3S/c1-10-3-4-11(7-10)13(15-2)8-12-9-17-5-6-18-14(17)16-12/h5-6,9-11,13,15H,3-4,7-8H2,1-2H3. The number of nitrogens with one attached hydrogen (secondary N) is 1. The van der Waals surface area contributed by atoms with Crippen LogP contribution in [0.1, 0.15) is 31.9 Å². The average Bonchev–Trinajstić information content (AvgIpc) is 3.00. The van der Waals surface area contributed by atoms with Crippen molar-refractivity contribution in [3.05, 3.63) is 23.5 Å². The van der Waals surface area contributed by atoms with E-state index in [4.69, 9.17) is 4.98 Å². The van der Waals surface area contributed by atoms with Crippen LogP contribution in [0.25, 0.3) is 4.96 Å². The molecular formula is C14H21N3S. The Morgan fingerprint density at radius 1 is 1.56 bits per heavy atom. The van der Waals surface area contributed by atoms with Gasteiger partial charge in [-0.15, -0.1) is 11.3 Å².